The molecule has 2 aromatic heterocycles. The lowest BCUT2D eigenvalue weighted by molar-refractivity contribution is 0.0592. The van der Waals surface area contributed by atoms with E-state index in [1.807, 2.05) is 47.0 Å². The number of para-hydroxylation sites is 1. The summed E-state index contributed by atoms with van der Waals surface area (Å²) in [6, 6.07) is 13.4. The predicted octanol–water partition coefficient (Wildman–Crippen LogP) is 2.81. The molecule has 1 aromatic carbocycles. The number of esters is 1. The standard InChI is InChI=1S/C15H12N2O2/c1-19-15(18)14-9-11-5-2-3-7-13(11)17(14)12-6-4-8-16-10-12/h2-10H,1H3. The third-order valence-electron chi connectivity index (χ3n) is 3.01. The molecule has 0 atom stereocenters. The van der Waals surface area contributed by atoms with Gasteiger partial charge in [-0.25, -0.2) is 4.79 Å². The molecule has 3 rings (SSSR count). The highest BCUT2D eigenvalue weighted by atomic mass is 16.5. The summed E-state index contributed by atoms with van der Waals surface area (Å²) >= 11 is 0. The van der Waals surface area contributed by atoms with Gasteiger partial charge >= 0.3 is 5.97 Å². The van der Waals surface area contributed by atoms with Gasteiger partial charge in [-0.05, 0) is 24.3 Å². The Hall–Kier alpha value is -2.62. The number of nitrogens with zero attached hydrogens (tertiary/aromatic N) is 2. The molecule has 0 amide bonds. The summed E-state index contributed by atoms with van der Waals surface area (Å²) in [5, 5.41) is 0.992. The summed E-state index contributed by atoms with van der Waals surface area (Å²) in [6.45, 7) is 0. The fraction of sp³-hybridized carbons (Fsp3) is 0.0667. The molecule has 0 aliphatic heterocycles. The van der Waals surface area contributed by atoms with Crippen LogP contribution in [0.3, 0.4) is 0 Å². The van der Waals surface area contributed by atoms with Crippen LogP contribution in [-0.4, -0.2) is 22.6 Å². The van der Waals surface area contributed by atoms with Gasteiger partial charge in [0.05, 0.1) is 24.5 Å². The van der Waals surface area contributed by atoms with Crippen molar-refractivity contribution >= 4 is 16.9 Å². The van der Waals surface area contributed by atoms with Gasteiger partial charge in [-0.3, -0.25) is 4.98 Å². The molecule has 0 saturated heterocycles. The van der Waals surface area contributed by atoms with E-state index in [4.69, 9.17) is 4.74 Å². The van der Waals surface area contributed by atoms with Gasteiger partial charge in [0.25, 0.3) is 0 Å². The maximum absolute atomic E-state index is 11.9. The van der Waals surface area contributed by atoms with Crippen LogP contribution >= 0.6 is 0 Å². The Kier molecular flexibility index (Phi) is 2.76. The summed E-state index contributed by atoms with van der Waals surface area (Å²) in [6.07, 6.45) is 3.42. The molecule has 0 fully saturated rings. The lowest BCUT2D eigenvalue weighted by Gasteiger charge is -2.08. The number of ether oxygens (including phenoxy) is 1. The van der Waals surface area contributed by atoms with Crippen LogP contribution in [0.5, 0.6) is 0 Å². The van der Waals surface area contributed by atoms with Gasteiger partial charge in [0.15, 0.2) is 0 Å². The van der Waals surface area contributed by atoms with Crippen molar-refractivity contribution in [2.45, 2.75) is 0 Å². The first-order chi connectivity index (χ1) is 9.31. The maximum atomic E-state index is 11.9. The van der Waals surface area contributed by atoms with Gasteiger partial charge in [0.2, 0.25) is 0 Å². The first-order valence-corrected chi connectivity index (χ1v) is 5.90. The van der Waals surface area contributed by atoms with Crippen molar-refractivity contribution in [2.75, 3.05) is 7.11 Å². The largest absolute Gasteiger partial charge is 0.464 e. The molecule has 0 bridgehead atoms. The smallest absolute Gasteiger partial charge is 0.355 e. The van der Waals surface area contributed by atoms with Gasteiger partial charge in [0, 0.05) is 11.6 Å². The van der Waals surface area contributed by atoms with Crippen LogP contribution in [-0.2, 0) is 4.74 Å². The van der Waals surface area contributed by atoms with Crippen molar-refractivity contribution < 1.29 is 9.53 Å². The first-order valence-electron chi connectivity index (χ1n) is 5.90. The summed E-state index contributed by atoms with van der Waals surface area (Å²) in [7, 11) is 1.38. The van der Waals surface area contributed by atoms with Crippen molar-refractivity contribution in [1.29, 1.82) is 0 Å². The van der Waals surface area contributed by atoms with E-state index in [9.17, 15) is 4.79 Å². The lowest BCUT2D eigenvalue weighted by Crippen LogP contribution is -2.09. The minimum atomic E-state index is -0.361. The fourth-order valence-electron chi connectivity index (χ4n) is 2.17. The highest BCUT2D eigenvalue weighted by Gasteiger charge is 2.16. The Morgan fingerprint density at radius 3 is 2.79 bits per heavy atom. The van der Waals surface area contributed by atoms with Crippen LogP contribution in [0.15, 0.2) is 54.9 Å². The quantitative estimate of drug-likeness (QED) is 0.659. The van der Waals surface area contributed by atoms with E-state index in [-0.39, 0.29) is 5.97 Å². The van der Waals surface area contributed by atoms with Crippen LogP contribution in [0, 0.1) is 0 Å². The topological polar surface area (TPSA) is 44.1 Å². The molecule has 2 heterocycles. The van der Waals surface area contributed by atoms with Crippen LogP contribution < -0.4 is 0 Å². The van der Waals surface area contributed by atoms with Crippen molar-refractivity contribution in [3.8, 4) is 5.69 Å². The minimum Gasteiger partial charge on any atom is -0.464 e. The number of carbonyl (C=O) groups excluding carboxylic acids is 1. The average Bonchev–Trinajstić information content (AvgIpc) is 2.86. The number of pyridine rings is 1. The number of hydrogen-bond donors (Lipinski definition) is 0. The highest BCUT2D eigenvalue weighted by molar-refractivity contribution is 5.96. The molecule has 4 nitrogen and oxygen atoms in total. The SMILES string of the molecule is COC(=O)c1cc2ccccc2n1-c1cccnc1. The Labute approximate surface area is 110 Å². The number of hydrogen-bond acceptors (Lipinski definition) is 3. The molecule has 0 aliphatic rings. The molecule has 0 saturated carbocycles. The highest BCUT2D eigenvalue weighted by Crippen LogP contribution is 2.24. The second-order valence-electron chi connectivity index (χ2n) is 4.13. The second kappa shape index (κ2) is 4.57. The zero-order valence-corrected chi connectivity index (χ0v) is 10.4. The van der Waals surface area contributed by atoms with Gasteiger partial charge in [-0.2, -0.15) is 0 Å². The minimum absolute atomic E-state index is 0.361. The number of carbonyl (C=O) groups is 1. The summed E-state index contributed by atoms with van der Waals surface area (Å²) < 4.78 is 6.70. The fourth-order valence-corrected chi connectivity index (χ4v) is 2.17. The van der Waals surface area contributed by atoms with Crippen molar-refractivity contribution in [3.05, 3.63) is 60.6 Å². The first kappa shape index (κ1) is 11.5. The Bertz CT molecular complexity index is 732. The maximum Gasteiger partial charge on any atom is 0.355 e. The van der Waals surface area contributed by atoms with Crippen LogP contribution in [0.2, 0.25) is 0 Å². The number of fused-ring (bicyclic) bond motifs is 1. The van der Waals surface area contributed by atoms with Gasteiger partial charge < -0.3 is 9.30 Å². The van der Waals surface area contributed by atoms with Crippen molar-refractivity contribution in [2.24, 2.45) is 0 Å². The summed E-state index contributed by atoms with van der Waals surface area (Å²) in [4.78, 5) is 16.0. The average molecular weight is 252 g/mol. The van der Waals surface area contributed by atoms with Crippen molar-refractivity contribution in [1.82, 2.24) is 9.55 Å². The predicted molar refractivity (Wildman–Crippen MR) is 72.4 cm³/mol. The van der Waals surface area contributed by atoms with E-state index in [1.54, 1.807) is 12.4 Å². The Morgan fingerprint density at radius 1 is 1.21 bits per heavy atom. The molecule has 4 heteroatoms. The summed E-state index contributed by atoms with van der Waals surface area (Å²) in [5.74, 6) is -0.361. The molecule has 0 spiro atoms. The molecule has 19 heavy (non-hydrogen) atoms. The van der Waals surface area contributed by atoms with E-state index < -0.39 is 0 Å². The number of rotatable bonds is 2. The van der Waals surface area contributed by atoms with E-state index in [1.165, 1.54) is 7.11 Å². The third-order valence-corrected chi connectivity index (χ3v) is 3.01. The number of benzene rings is 1. The lowest BCUT2D eigenvalue weighted by atomic mass is 10.2. The van der Waals surface area contributed by atoms with Crippen molar-refractivity contribution in [3.63, 3.8) is 0 Å². The molecule has 94 valence electrons. The number of methoxy groups -OCH3 is 1. The molecular formula is C15H12N2O2. The molecule has 3 aromatic rings. The monoisotopic (exact) mass is 252 g/mol. The van der Waals surface area contributed by atoms with E-state index in [0.717, 1.165) is 16.6 Å². The third kappa shape index (κ3) is 1.87. The van der Waals surface area contributed by atoms with Gasteiger partial charge in [-0.15, -0.1) is 0 Å². The van der Waals surface area contributed by atoms with E-state index in [0.29, 0.717) is 5.69 Å². The van der Waals surface area contributed by atoms with Gasteiger partial charge in [0.1, 0.15) is 5.69 Å². The van der Waals surface area contributed by atoms with Gasteiger partial charge in [-0.1, -0.05) is 18.2 Å². The van der Waals surface area contributed by atoms with E-state index >= 15 is 0 Å². The zero-order valence-electron chi connectivity index (χ0n) is 10.4. The molecular weight excluding hydrogens is 240 g/mol. The zero-order chi connectivity index (χ0) is 13.2. The molecule has 0 radical (unpaired) electrons. The van der Waals surface area contributed by atoms with Crippen LogP contribution in [0.25, 0.3) is 16.6 Å². The van der Waals surface area contributed by atoms with Crippen LogP contribution in [0.1, 0.15) is 10.5 Å². The molecule has 0 aliphatic carbocycles. The Balaban J connectivity index is 2.34. The normalized spacial score (nSPS) is 10.6. The molecule has 0 N–H and O–H groups in total. The second-order valence-corrected chi connectivity index (χ2v) is 4.13. The molecule has 0 unspecified atom stereocenters. The Morgan fingerprint density at radius 2 is 2.05 bits per heavy atom. The summed E-state index contributed by atoms with van der Waals surface area (Å²) in [5.41, 5.74) is 2.29. The number of aromatic nitrogens is 2. The van der Waals surface area contributed by atoms with Crippen LogP contribution in [0.4, 0.5) is 0 Å². The van der Waals surface area contributed by atoms with E-state index in [2.05, 4.69) is 4.98 Å².